The van der Waals surface area contributed by atoms with Gasteiger partial charge >= 0.3 is 0 Å². The summed E-state index contributed by atoms with van der Waals surface area (Å²) < 4.78 is 31.6. The van der Waals surface area contributed by atoms with Gasteiger partial charge in [-0.15, -0.1) is 0 Å². The number of rotatable bonds is 5. The molecule has 9 heteroatoms. The number of carbonyl (C=O) groups is 1. The number of benzene rings is 1. The van der Waals surface area contributed by atoms with Crippen molar-refractivity contribution >= 4 is 21.6 Å². The summed E-state index contributed by atoms with van der Waals surface area (Å²) in [6.45, 7) is 4.94. The van der Waals surface area contributed by atoms with Crippen molar-refractivity contribution in [3.8, 4) is 0 Å². The highest BCUT2D eigenvalue weighted by Crippen LogP contribution is 2.21. The number of hydrogen-bond acceptors (Lipinski definition) is 6. The summed E-state index contributed by atoms with van der Waals surface area (Å²) in [7, 11) is -3.95. The molecule has 0 aliphatic carbocycles. The van der Waals surface area contributed by atoms with Crippen LogP contribution in [0.15, 0.2) is 28.7 Å². The highest BCUT2D eigenvalue weighted by atomic mass is 32.2. The molecule has 8 nitrogen and oxygen atoms in total. The quantitative estimate of drug-likeness (QED) is 0.651. The number of sulfonamides is 1. The van der Waals surface area contributed by atoms with E-state index in [1.165, 1.54) is 24.3 Å². The van der Waals surface area contributed by atoms with Crippen molar-refractivity contribution < 1.29 is 22.6 Å². The SMILES string of the molecule is Cc1oc(C)c(C(=O)NS(=O)(=O)Cc2ccc([N+](=O)[O-])cc2)c1C. The van der Waals surface area contributed by atoms with Crippen molar-refractivity contribution in [1.29, 1.82) is 0 Å². The summed E-state index contributed by atoms with van der Waals surface area (Å²) in [5.74, 6) is -0.340. The number of amides is 1. The van der Waals surface area contributed by atoms with Crippen molar-refractivity contribution in [3.63, 3.8) is 0 Å². The number of non-ortho nitro benzene ring substituents is 1. The highest BCUT2D eigenvalue weighted by molar-refractivity contribution is 7.89. The summed E-state index contributed by atoms with van der Waals surface area (Å²) in [6, 6.07) is 5.08. The van der Waals surface area contributed by atoms with Crippen molar-refractivity contribution in [2.45, 2.75) is 26.5 Å². The normalized spacial score (nSPS) is 11.3. The summed E-state index contributed by atoms with van der Waals surface area (Å²) in [5.41, 5.74) is 0.966. The molecule has 2 aromatic rings. The maximum atomic E-state index is 12.2. The van der Waals surface area contributed by atoms with Gasteiger partial charge in [0.25, 0.3) is 11.6 Å². The molecule has 0 bridgehead atoms. The second-order valence-corrected chi connectivity index (χ2v) is 7.05. The predicted octanol–water partition coefficient (Wildman–Crippen LogP) is 2.37. The Bertz CT molecular complexity index is 897. The van der Waals surface area contributed by atoms with Crippen LogP contribution in [0.25, 0.3) is 0 Å². The van der Waals surface area contributed by atoms with E-state index in [1.54, 1.807) is 20.8 Å². The van der Waals surface area contributed by atoms with Crippen LogP contribution < -0.4 is 4.72 Å². The Morgan fingerprint density at radius 3 is 2.21 bits per heavy atom. The van der Waals surface area contributed by atoms with Gasteiger partial charge in [0.1, 0.15) is 11.5 Å². The van der Waals surface area contributed by atoms with E-state index in [0.717, 1.165) is 0 Å². The standard InChI is InChI=1S/C15H16N2O6S/c1-9-10(2)23-11(3)14(9)15(18)16-24(21,22)8-12-4-6-13(7-5-12)17(19)20/h4-7H,8H2,1-3H3,(H,16,18). The summed E-state index contributed by atoms with van der Waals surface area (Å²) in [5, 5.41) is 10.6. The molecule has 0 atom stereocenters. The molecule has 1 aromatic heterocycles. The number of furan rings is 1. The van der Waals surface area contributed by atoms with Gasteiger partial charge in [-0.2, -0.15) is 0 Å². The highest BCUT2D eigenvalue weighted by Gasteiger charge is 2.23. The lowest BCUT2D eigenvalue weighted by molar-refractivity contribution is -0.384. The van der Waals surface area contributed by atoms with Crippen LogP contribution in [0, 0.1) is 30.9 Å². The minimum atomic E-state index is -3.95. The van der Waals surface area contributed by atoms with Gasteiger partial charge in [-0.25, -0.2) is 13.1 Å². The van der Waals surface area contributed by atoms with Crippen LogP contribution in [-0.2, 0) is 15.8 Å². The Hall–Kier alpha value is -2.68. The van der Waals surface area contributed by atoms with E-state index in [9.17, 15) is 23.3 Å². The molecule has 128 valence electrons. The van der Waals surface area contributed by atoms with Gasteiger partial charge < -0.3 is 4.42 Å². The fourth-order valence-corrected chi connectivity index (χ4v) is 3.38. The molecule has 0 unspecified atom stereocenters. The van der Waals surface area contributed by atoms with E-state index in [0.29, 0.717) is 22.6 Å². The van der Waals surface area contributed by atoms with E-state index in [-0.39, 0.29) is 11.3 Å². The monoisotopic (exact) mass is 352 g/mol. The Morgan fingerprint density at radius 1 is 1.17 bits per heavy atom. The summed E-state index contributed by atoms with van der Waals surface area (Å²) >= 11 is 0. The van der Waals surface area contributed by atoms with E-state index in [1.807, 2.05) is 4.72 Å². The summed E-state index contributed by atoms with van der Waals surface area (Å²) in [4.78, 5) is 22.2. The van der Waals surface area contributed by atoms with Crippen LogP contribution in [0.3, 0.4) is 0 Å². The lowest BCUT2D eigenvalue weighted by atomic mass is 10.1. The Morgan fingerprint density at radius 2 is 1.75 bits per heavy atom. The van der Waals surface area contributed by atoms with Gasteiger partial charge in [0.2, 0.25) is 10.0 Å². The number of nitrogens with zero attached hydrogens (tertiary/aromatic N) is 1. The second-order valence-electron chi connectivity index (χ2n) is 5.33. The second kappa shape index (κ2) is 6.44. The van der Waals surface area contributed by atoms with Crippen LogP contribution in [0.2, 0.25) is 0 Å². The van der Waals surface area contributed by atoms with E-state index in [4.69, 9.17) is 4.42 Å². The van der Waals surface area contributed by atoms with Gasteiger partial charge in [-0.3, -0.25) is 14.9 Å². The molecule has 2 rings (SSSR count). The van der Waals surface area contributed by atoms with E-state index >= 15 is 0 Å². The Balaban J connectivity index is 2.16. The smallest absolute Gasteiger partial charge is 0.269 e. The first-order valence-corrected chi connectivity index (χ1v) is 8.60. The zero-order valence-corrected chi connectivity index (χ0v) is 14.1. The van der Waals surface area contributed by atoms with Crippen molar-refractivity contribution in [2.24, 2.45) is 0 Å². The molecular formula is C15H16N2O6S. The van der Waals surface area contributed by atoms with Crippen LogP contribution in [-0.4, -0.2) is 19.2 Å². The molecule has 24 heavy (non-hydrogen) atoms. The lowest BCUT2D eigenvalue weighted by Crippen LogP contribution is -2.32. The molecular weight excluding hydrogens is 336 g/mol. The van der Waals surface area contributed by atoms with Crippen LogP contribution in [0.5, 0.6) is 0 Å². The maximum Gasteiger partial charge on any atom is 0.269 e. The molecule has 1 heterocycles. The first kappa shape index (κ1) is 17.7. The number of nitro groups is 1. The van der Waals surface area contributed by atoms with Gasteiger partial charge in [-0.1, -0.05) is 12.1 Å². The third-order valence-electron chi connectivity index (χ3n) is 3.54. The number of carbonyl (C=O) groups excluding carboxylic acids is 1. The lowest BCUT2D eigenvalue weighted by Gasteiger charge is -2.07. The largest absolute Gasteiger partial charge is 0.466 e. The molecule has 0 saturated carbocycles. The van der Waals surface area contributed by atoms with E-state index in [2.05, 4.69) is 0 Å². The number of hydrogen-bond donors (Lipinski definition) is 1. The zero-order chi connectivity index (χ0) is 18.1. The third kappa shape index (κ3) is 3.80. The van der Waals surface area contributed by atoms with Gasteiger partial charge in [0.05, 0.1) is 16.2 Å². The molecule has 1 N–H and O–H groups in total. The average molecular weight is 352 g/mol. The predicted molar refractivity (Wildman–Crippen MR) is 86.1 cm³/mol. The van der Waals surface area contributed by atoms with Crippen LogP contribution in [0.4, 0.5) is 5.69 Å². The Kier molecular flexibility index (Phi) is 4.74. The first-order chi connectivity index (χ1) is 11.1. The molecule has 0 aliphatic heterocycles. The minimum Gasteiger partial charge on any atom is -0.466 e. The Labute approximate surface area is 138 Å². The van der Waals surface area contributed by atoms with Crippen LogP contribution >= 0.6 is 0 Å². The fourth-order valence-electron chi connectivity index (χ4n) is 2.29. The number of nitro benzene ring substituents is 1. The third-order valence-corrected chi connectivity index (χ3v) is 4.75. The molecule has 0 saturated heterocycles. The first-order valence-electron chi connectivity index (χ1n) is 6.95. The van der Waals surface area contributed by atoms with Crippen molar-refractivity contribution in [1.82, 2.24) is 4.72 Å². The molecule has 1 amide bonds. The van der Waals surface area contributed by atoms with Crippen molar-refractivity contribution in [3.05, 3.63) is 62.6 Å². The van der Waals surface area contributed by atoms with Crippen LogP contribution in [0.1, 0.15) is 33.0 Å². The van der Waals surface area contributed by atoms with Crippen molar-refractivity contribution in [2.75, 3.05) is 0 Å². The van der Waals surface area contributed by atoms with E-state index < -0.39 is 26.6 Å². The topological polar surface area (TPSA) is 120 Å². The fraction of sp³-hybridized carbons (Fsp3) is 0.267. The molecule has 0 aliphatic rings. The molecule has 0 radical (unpaired) electrons. The van der Waals surface area contributed by atoms with Gasteiger partial charge in [0.15, 0.2) is 0 Å². The minimum absolute atomic E-state index is 0.139. The number of aryl methyl sites for hydroxylation is 2. The molecule has 1 aromatic carbocycles. The number of nitrogens with one attached hydrogen (secondary N) is 1. The zero-order valence-electron chi connectivity index (χ0n) is 13.3. The summed E-state index contributed by atoms with van der Waals surface area (Å²) in [6.07, 6.45) is 0. The maximum absolute atomic E-state index is 12.2. The van der Waals surface area contributed by atoms with Gasteiger partial charge in [-0.05, 0) is 26.3 Å². The van der Waals surface area contributed by atoms with Gasteiger partial charge in [0, 0.05) is 17.7 Å². The average Bonchev–Trinajstić information content (AvgIpc) is 2.71. The molecule has 0 fully saturated rings. The molecule has 0 spiro atoms.